The molecule has 0 amide bonds. The van der Waals surface area contributed by atoms with Gasteiger partial charge >= 0.3 is 0 Å². The molecule has 2 unspecified atom stereocenters. The monoisotopic (exact) mass is 484 g/mol. The van der Waals surface area contributed by atoms with Crippen molar-refractivity contribution in [2.24, 2.45) is 0 Å². The van der Waals surface area contributed by atoms with Crippen molar-refractivity contribution in [1.29, 1.82) is 0 Å². The van der Waals surface area contributed by atoms with Crippen LogP contribution >= 0.6 is 12.2 Å². The number of para-hydroxylation sites is 1. The lowest BCUT2D eigenvalue weighted by Gasteiger charge is -2.26. The maximum absolute atomic E-state index is 11.6. The molecular weight excluding hydrogens is 460 g/mol. The lowest BCUT2D eigenvalue weighted by Crippen LogP contribution is -2.29. The molecule has 3 heterocycles. The molecule has 2 aromatic heterocycles. The SMILES string of the molecule is CC(C)c1ccc(N2C(=S)NC(c3ccccn3)C2c2ccc(-c3ccccc3[N+](=O)[O-])o2)cc1. The molecule has 1 aliphatic heterocycles. The average Bonchev–Trinajstić information content (AvgIpc) is 3.49. The standard InChI is InChI=1S/C27H24N4O3S/c1-17(2)18-10-12-19(13-11-18)30-26(25(29-27(30)35)21-8-5-6-16-28-21)24-15-14-23(34-24)20-7-3-4-9-22(20)31(32)33/h3-17,25-26H,1-2H3,(H,29,35). The summed E-state index contributed by atoms with van der Waals surface area (Å²) in [5.74, 6) is 1.48. The van der Waals surface area contributed by atoms with Crippen LogP contribution in [0.5, 0.6) is 0 Å². The van der Waals surface area contributed by atoms with E-state index in [1.165, 1.54) is 11.6 Å². The van der Waals surface area contributed by atoms with Crippen molar-refractivity contribution in [3.05, 3.63) is 112 Å². The zero-order valence-corrected chi connectivity index (χ0v) is 20.1. The third-order valence-corrected chi connectivity index (χ3v) is 6.54. The highest BCUT2D eigenvalue weighted by Gasteiger charge is 2.42. The average molecular weight is 485 g/mol. The van der Waals surface area contributed by atoms with E-state index in [4.69, 9.17) is 16.6 Å². The van der Waals surface area contributed by atoms with Crippen LogP contribution < -0.4 is 10.2 Å². The summed E-state index contributed by atoms with van der Waals surface area (Å²) in [5.41, 5.74) is 3.42. The molecule has 8 heteroatoms. The second-order valence-corrected chi connectivity index (χ2v) is 9.11. The number of thiocarbonyl (C=S) groups is 1. The zero-order valence-electron chi connectivity index (χ0n) is 19.3. The molecule has 0 saturated carbocycles. The number of aromatic nitrogens is 1. The molecule has 4 aromatic rings. The van der Waals surface area contributed by atoms with Crippen molar-refractivity contribution in [2.75, 3.05) is 4.90 Å². The van der Waals surface area contributed by atoms with E-state index in [0.29, 0.717) is 28.1 Å². The number of furan rings is 1. The van der Waals surface area contributed by atoms with Gasteiger partial charge in [-0.25, -0.2) is 0 Å². The molecule has 1 saturated heterocycles. The molecule has 2 aromatic carbocycles. The number of hydrogen-bond donors (Lipinski definition) is 1. The Morgan fingerprint density at radius 3 is 2.46 bits per heavy atom. The van der Waals surface area contributed by atoms with Crippen LogP contribution in [0.2, 0.25) is 0 Å². The first-order valence-electron chi connectivity index (χ1n) is 11.4. The van der Waals surface area contributed by atoms with Crippen molar-refractivity contribution >= 4 is 28.7 Å². The topological polar surface area (TPSA) is 84.4 Å². The quantitative estimate of drug-likeness (QED) is 0.189. The van der Waals surface area contributed by atoms with Gasteiger partial charge in [-0.3, -0.25) is 15.1 Å². The molecule has 0 bridgehead atoms. The van der Waals surface area contributed by atoms with Gasteiger partial charge in [-0.05, 0) is 66.2 Å². The van der Waals surface area contributed by atoms with Crippen LogP contribution in [-0.4, -0.2) is 15.0 Å². The van der Waals surface area contributed by atoms with E-state index in [1.807, 2.05) is 29.2 Å². The number of nitrogens with zero attached hydrogens (tertiary/aromatic N) is 3. The Kier molecular flexibility index (Phi) is 6.05. The van der Waals surface area contributed by atoms with Crippen molar-refractivity contribution in [3.8, 4) is 11.3 Å². The summed E-state index contributed by atoms with van der Waals surface area (Å²) >= 11 is 5.77. The molecule has 7 nitrogen and oxygen atoms in total. The molecule has 5 rings (SSSR count). The first-order chi connectivity index (χ1) is 16.9. The Bertz CT molecular complexity index is 1370. The number of rotatable bonds is 6. The van der Waals surface area contributed by atoms with Gasteiger partial charge in [0.2, 0.25) is 0 Å². The van der Waals surface area contributed by atoms with Gasteiger partial charge in [0.15, 0.2) is 5.11 Å². The van der Waals surface area contributed by atoms with Gasteiger partial charge in [-0.1, -0.05) is 44.2 Å². The minimum absolute atomic E-state index is 0.00382. The third kappa shape index (κ3) is 4.28. The number of nitro groups is 1. The maximum Gasteiger partial charge on any atom is 0.280 e. The van der Waals surface area contributed by atoms with Gasteiger partial charge in [0.1, 0.15) is 17.6 Å². The molecule has 0 radical (unpaired) electrons. The Labute approximate surface area is 208 Å². The summed E-state index contributed by atoms with van der Waals surface area (Å²) in [7, 11) is 0. The minimum Gasteiger partial charge on any atom is -0.459 e. The Morgan fingerprint density at radius 2 is 1.77 bits per heavy atom. The van der Waals surface area contributed by atoms with E-state index in [0.717, 1.165) is 11.4 Å². The Morgan fingerprint density at radius 1 is 1.03 bits per heavy atom. The highest BCUT2D eigenvalue weighted by molar-refractivity contribution is 7.80. The van der Waals surface area contributed by atoms with E-state index in [-0.39, 0.29) is 17.8 Å². The third-order valence-electron chi connectivity index (χ3n) is 6.22. The highest BCUT2D eigenvalue weighted by Crippen LogP contribution is 2.43. The molecular formula is C27H24N4O3S. The van der Waals surface area contributed by atoms with Crippen molar-refractivity contribution in [1.82, 2.24) is 10.3 Å². The van der Waals surface area contributed by atoms with Crippen LogP contribution in [0.3, 0.4) is 0 Å². The summed E-state index contributed by atoms with van der Waals surface area (Å²) in [6.45, 7) is 4.31. The van der Waals surface area contributed by atoms with Crippen LogP contribution in [0.1, 0.15) is 48.9 Å². The molecule has 0 aliphatic carbocycles. The normalized spacial score (nSPS) is 17.6. The van der Waals surface area contributed by atoms with Crippen molar-refractivity contribution in [3.63, 3.8) is 0 Å². The zero-order chi connectivity index (χ0) is 24.5. The van der Waals surface area contributed by atoms with Crippen LogP contribution in [0.4, 0.5) is 11.4 Å². The van der Waals surface area contributed by atoms with Gasteiger partial charge in [0.05, 0.1) is 22.2 Å². The Hall–Kier alpha value is -4.04. The van der Waals surface area contributed by atoms with Crippen LogP contribution in [0, 0.1) is 10.1 Å². The summed E-state index contributed by atoms with van der Waals surface area (Å²) in [6.07, 6.45) is 1.75. The number of benzene rings is 2. The van der Waals surface area contributed by atoms with E-state index in [1.54, 1.807) is 30.5 Å². The van der Waals surface area contributed by atoms with Gasteiger partial charge < -0.3 is 14.6 Å². The first-order valence-corrected chi connectivity index (χ1v) is 11.8. The van der Waals surface area contributed by atoms with E-state index in [2.05, 4.69) is 48.4 Å². The van der Waals surface area contributed by atoms with Gasteiger partial charge in [0, 0.05) is 18.0 Å². The molecule has 176 valence electrons. The number of nitro benzene ring substituents is 1. The molecule has 2 atom stereocenters. The summed E-state index contributed by atoms with van der Waals surface area (Å²) in [4.78, 5) is 17.8. The van der Waals surface area contributed by atoms with E-state index in [9.17, 15) is 10.1 Å². The van der Waals surface area contributed by atoms with Crippen LogP contribution in [0.25, 0.3) is 11.3 Å². The lowest BCUT2D eigenvalue weighted by molar-refractivity contribution is -0.384. The van der Waals surface area contributed by atoms with Crippen LogP contribution in [-0.2, 0) is 0 Å². The summed E-state index contributed by atoms with van der Waals surface area (Å²) < 4.78 is 6.28. The fourth-order valence-electron chi connectivity index (χ4n) is 4.44. The van der Waals surface area contributed by atoms with Gasteiger partial charge in [-0.2, -0.15) is 0 Å². The molecule has 1 N–H and O–H groups in total. The van der Waals surface area contributed by atoms with Gasteiger partial charge in [-0.15, -0.1) is 0 Å². The molecule has 0 spiro atoms. The largest absolute Gasteiger partial charge is 0.459 e. The van der Waals surface area contributed by atoms with Crippen molar-refractivity contribution in [2.45, 2.75) is 31.8 Å². The fraction of sp³-hybridized carbons (Fsp3) is 0.185. The lowest BCUT2D eigenvalue weighted by atomic mass is 10.0. The fourth-order valence-corrected chi connectivity index (χ4v) is 4.79. The second kappa shape index (κ2) is 9.31. The predicted molar refractivity (Wildman–Crippen MR) is 139 cm³/mol. The Balaban J connectivity index is 1.60. The number of hydrogen-bond acceptors (Lipinski definition) is 5. The molecule has 35 heavy (non-hydrogen) atoms. The number of anilines is 1. The van der Waals surface area contributed by atoms with E-state index >= 15 is 0 Å². The number of pyridine rings is 1. The highest BCUT2D eigenvalue weighted by atomic mass is 32.1. The minimum atomic E-state index is -0.400. The molecule has 1 aliphatic rings. The van der Waals surface area contributed by atoms with Crippen molar-refractivity contribution < 1.29 is 9.34 Å². The smallest absolute Gasteiger partial charge is 0.280 e. The first kappa shape index (κ1) is 22.7. The summed E-state index contributed by atoms with van der Waals surface area (Å²) in [6, 6.07) is 23.7. The van der Waals surface area contributed by atoms with E-state index < -0.39 is 4.92 Å². The molecule has 1 fully saturated rings. The van der Waals surface area contributed by atoms with Crippen LogP contribution in [0.15, 0.2) is 89.5 Å². The summed E-state index contributed by atoms with van der Waals surface area (Å²) in [5, 5.41) is 15.5. The predicted octanol–water partition coefficient (Wildman–Crippen LogP) is 6.55. The maximum atomic E-state index is 11.6. The number of nitrogens with one attached hydrogen (secondary N) is 1. The second-order valence-electron chi connectivity index (χ2n) is 8.72. The van der Waals surface area contributed by atoms with Gasteiger partial charge in [0.25, 0.3) is 5.69 Å².